The molecule has 0 saturated heterocycles. The normalized spacial score (nSPS) is 28.5. The molecule has 0 aromatic carbocycles. The molecule has 2 aliphatic rings. The van der Waals surface area contributed by atoms with E-state index in [1.165, 1.54) is 25.7 Å². The first-order valence-corrected chi connectivity index (χ1v) is 9.47. The summed E-state index contributed by atoms with van der Waals surface area (Å²) in [5.41, 5.74) is 0. The molecule has 2 unspecified atom stereocenters. The maximum Gasteiger partial charge on any atom is 0.211 e. The van der Waals surface area contributed by atoms with E-state index in [-0.39, 0.29) is 11.8 Å². The van der Waals surface area contributed by atoms with Crippen molar-refractivity contribution in [1.82, 2.24) is 10.0 Å². The van der Waals surface area contributed by atoms with Crippen molar-refractivity contribution in [1.29, 1.82) is 0 Å². The van der Waals surface area contributed by atoms with E-state index in [2.05, 4.69) is 17.0 Å². The maximum absolute atomic E-state index is 12.0. The van der Waals surface area contributed by atoms with Gasteiger partial charge in [0.25, 0.3) is 0 Å². The van der Waals surface area contributed by atoms with Crippen LogP contribution >= 0.6 is 0 Å². The third-order valence-electron chi connectivity index (χ3n) is 4.31. The number of nitrogens with one attached hydrogen (secondary N) is 2. The zero-order valence-electron chi connectivity index (χ0n) is 12.0. The summed E-state index contributed by atoms with van der Waals surface area (Å²) in [4.78, 5) is 0. The van der Waals surface area contributed by atoms with Crippen molar-refractivity contribution >= 4 is 10.0 Å². The Morgan fingerprint density at radius 3 is 2.58 bits per heavy atom. The molecule has 0 aromatic heterocycles. The van der Waals surface area contributed by atoms with Crippen LogP contribution in [-0.4, -0.2) is 32.8 Å². The lowest BCUT2D eigenvalue weighted by Crippen LogP contribution is -2.40. The second kappa shape index (κ2) is 7.04. The van der Waals surface area contributed by atoms with Crippen molar-refractivity contribution in [2.75, 3.05) is 12.3 Å². The lowest BCUT2D eigenvalue weighted by Gasteiger charge is -2.28. The fourth-order valence-corrected chi connectivity index (χ4v) is 4.30. The summed E-state index contributed by atoms with van der Waals surface area (Å²) in [6.45, 7) is 3.03. The summed E-state index contributed by atoms with van der Waals surface area (Å²) < 4.78 is 26.9. The van der Waals surface area contributed by atoms with Crippen molar-refractivity contribution < 1.29 is 8.42 Å². The smallest absolute Gasteiger partial charge is 0.211 e. The number of sulfonamides is 1. The molecule has 0 bridgehead atoms. The summed E-state index contributed by atoms with van der Waals surface area (Å²) in [6.07, 6.45) is 8.86. The minimum absolute atomic E-state index is 0.181. The number of hydrogen-bond acceptors (Lipinski definition) is 3. The molecular formula is C14H28N2O2S. The molecule has 0 aliphatic heterocycles. The van der Waals surface area contributed by atoms with E-state index in [9.17, 15) is 8.42 Å². The summed E-state index contributed by atoms with van der Waals surface area (Å²) >= 11 is 0. The summed E-state index contributed by atoms with van der Waals surface area (Å²) in [5, 5.41) is 3.36. The van der Waals surface area contributed by atoms with E-state index >= 15 is 0 Å². The van der Waals surface area contributed by atoms with Crippen molar-refractivity contribution in [2.45, 2.75) is 70.4 Å². The highest BCUT2D eigenvalue weighted by Crippen LogP contribution is 2.26. The highest BCUT2D eigenvalue weighted by molar-refractivity contribution is 7.89. The van der Waals surface area contributed by atoms with E-state index in [1.807, 2.05) is 0 Å². The van der Waals surface area contributed by atoms with Gasteiger partial charge in [-0.25, -0.2) is 13.1 Å². The minimum Gasteiger partial charge on any atom is -0.314 e. The zero-order chi connectivity index (χ0) is 13.7. The van der Waals surface area contributed by atoms with Gasteiger partial charge in [-0.15, -0.1) is 0 Å². The van der Waals surface area contributed by atoms with Gasteiger partial charge in [0.05, 0.1) is 5.75 Å². The Kier molecular flexibility index (Phi) is 5.66. The van der Waals surface area contributed by atoms with Gasteiger partial charge in [0, 0.05) is 12.1 Å². The van der Waals surface area contributed by atoms with E-state index in [0.717, 1.165) is 32.2 Å². The van der Waals surface area contributed by atoms with Crippen LogP contribution in [-0.2, 0) is 10.0 Å². The predicted octanol–water partition coefficient (Wildman–Crippen LogP) is 2.02. The van der Waals surface area contributed by atoms with Gasteiger partial charge in [0.2, 0.25) is 10.0 Å². The Bertz CT molecular complexity index is 366. The van der Waals surface area contributed by atoms with Gasteiger partial charge in [-0.2, -0.15) is 0 Å². The highest BCUT2D eigenvalue weighted by Gasteiger charge is 2.25. The molecule has 19 heavy (non-hydrogen) atoms. The lowest BCUT2D eigenvalue weighted by molar-refractivity contribution is 0.301. The second-order valence-corrected chi connectivity index (χ2v) is 8.03. The van der Waals surface area contributed by atoms with Gasteiger partial charge >= 0.3 is 0 Å². The molecular weight excluding hydrogens is 260 g/mol. The quantitative estimate of drug-likeness (QED) is 0.672. The van der Waals surface area contributed by atoms with Crippen molar-refractivity contribution in [3.8, 4) is 0 Å². The summed E-state index contributed by atoms with van der Waals surface area (Å²) in [7, 11) is -3.08. The number of hydrogen-bond donors (Lipinski definition) is 2. The fraction of sp³-hybridized carbons (Fsp3) is 1.00. The van der Waals surface area contributed by atoms with Gasteiger partial charge in [0.15, 0.2) is 0 Å². The average molecular weight is 288 g/mol. The monoisotopic (exact) mass is 288 g/mol. The topological polar surface area (TPSA) is 58.2 Å². The van der Waals surface area contributed by atoms with Crippen LogP contribution in [0.5, 0.6) is 0 Å². The SMILES string of the molecule is CCC1CCCC(NS(=O)(=O)CCCNC2CC2)C1. The standard InChI is InChI=1S/C14H28N2O2S/c1-2-12-5-3-6-14(11-12)16-19(17,18)10-4-9-15-13-7-8-13/h12-16H,2-11H2,1H3. The van der Waals surface area contributed by atoms with Gasteiger partial charge in [-0.1, -0.05) is 26.2 Å². The molecule has 0 amide bonds. The first-order valence-electron chi connectivity index (χ1n) is 7.82. The molecule has 0 aromatic rings. The van der Waals surface area contributed by atoms with Crippen LogP contribution in [0.1, 0.15) is 58.3 Å². The Morgan fingerprint density at radius 1 is 1.11 bits per heavy atom. The summed E-state index contributed by atoms with van der Waals surface area (Å²) in [6, 6.07) is 0.847. The molecule has 2 aliphatic carbocycles. The largest absolute Gasteiger partial charge is 0.314 e. The first-order chi connectivity index (χ1) is 9.09. The average Bonchev–Trinajstić information content (AvgIpc) is 3.18. The van der Waals surface area contributed by atoms with Crippen LogP contribution in [0, 0.1) is 5.92 Å². The summed E-state index contributed by atoms with van der Waals surface area (Å²) in [5.74, 6) is 0.970. The van der Waals surface area contributed by atoms with Gasteiger partial charge in [0.1, 0.15) is 0 Å². The Hall–Kier alpha value is -0.130. The molecule has 2 fully saturated rings. The maximum atomic E-state index is 12.0. The van der Waals surface area contributed by atoms with E-state index < -0.39 is 10.0 Å². The number of rotatable bonds is 8. The van der Waals surface area contributed by atoms with Crippen LogP contribution in [0.3, 0.4) is 0 Å². The molecule has 2 rings (SSSR count). The van der Waals surface area contributed by atoms with Crippen molar-refractivity contribution in [2.24, 2.45) is 5.92 Å². The van der Waals surface area contributed by atoms with Crippen LogP contribution < -0.4 is 10.0 Å². The fourth-order valence-electron chi connectivity index (χ4n) is 2.94. The highest BCUT2D eigenvalue weighted by atomic mass is 32.2. The third kappa shape index (κ3) is 5.79. The first kappa shape index (κ1) is 15.3. The third-order valence-corrected chi connectivity index (χ3v) is 5.83. The van der Waals surface area contributed by atoms with E-state index in [4.69, 9.17) is 0 Å². The molecule has 2 N–H and O–H groups in total. The molecule has 5 heteroatoms. The Labute approximate surface area is 117 Å². The predicted molar refractivity (Wildman–Crippen MR) is 78.6 cm³/mol. The van der Waals surface area contributed by atoms with E-state index in [0.29, 0.717) is 12.0 Å². The lowest BCUT2D eigenvalue weighted by atomic mass is 9.85. The molecule has 0 heterocycles. The zero-order valence-corrected chi connectivity index (χ0v) is 12.8. The van der Waals surface area contributed by atoms with Crippen molar-refractivity contribution in [3.05, 3.63) is 0 Å². The molecule has 112 valence electrons. The molecule has 2 atom stereocenters. The van der Waals surface area contributed by atoms with Crippen LogP contribution in [0.2, 0.25) is 0 Å². The molecule has 0 radical (unpaired) electrons. The van der Waals surface area contributed by atoms with Crippen LogP contribution in [0.4, 0.5) is 0 Å². The van der Waals surface area contributed by atoms with Gasteiger partial charge in [-0.05, 0) is 44.6 Å². The molecule has 0 spiro atoms. The van der Waals surface area contributed by atoms with Crippen LogP contribution in [0.25, 0.3) is 0 Å². The molecule has 2 saturated carbocycles. The van der Waals surface area contributed by atoms with Crippen LogP contribution in [0.15, 0.2) is 0 Å². The van der Waals surface area contributed by atoms with Gasteiger partial charge < -0.3 is 5.32 Å². The minimum atomic E-state index is -3.08. The second-order valence-electron chi connectivity index (χ2n) is 6.16. The Morgan fingerprint density at radius 2 is 1.89 bits per heavy atom. The van der Waals surface area contributed by atoms with Crippen molar-refractivity contribution in [3.63, 3.8) is 0 Å². The van der Waals surface area contributed by atoms with E-state index in [1.54, 1.807) is 0 Å². The van der Waals surface area contributed by atoms with Gasteiger partial charge in [-0.3, -0.25) is 0 Å². The Balaban J connectivity index is 1.66. The molecule has 4 nitrogen and oxygen atoms in total.